The van der Waals surface area contributed by atoms with Crippen LogP contribution in [0.5, 0.6) is 0 Å². The van der Waals surface area contributed by atoms with Gasteiger partial charge >= 0.3 is 0 Å². The lowest BCUT2D eigenvalue weighted by Gasteiger charge is -2.30. The molecule has 0 amide bonds. The molecule has 0 atom stereocenters. The summed E-state index contributed by atoms with van der Waals surface area (Å²) in [6.45, 7) is 3.92. The second kappa shape index (κ2) is 8.80. The minimum atomic E-state index is -3.33. The topological polar surface area (TPSA) is 90.0 Å². The van der Waals surface area contributed by atoms with E-state index in [2.05, 4.69) is 45.5 Å². The number of aromatic nitrogens is 2. The van der Waals surface area contributed by atoms with E-state index >= 15 is 0 Å². The Kier molecular flexibility index (Phi) is 5.81. The molecule has 176 valence electrons. The first-order valence-electron chi connectivity index (χ1n) is 11.8. The van der Waals surface area contributed by atoms with E-state index in [1.54, 1.807) is 0 Å². The number of nitrogens with two attached hydrogens (primary N) is 1. The van der Waals surface area contributed by atoms with E-state index in [-0.39, 0.29) is 5.75 Å². The molecule has 34 heavy (non-hydrogen) atoms. The number of aryl methyl sites for hydroxylation is 1. The molecule has 1 aliphatic carbocycles. The summed E-state index contributed by atoms with van der Waals surface area (Å²) in [7, 11) is -3.33. The summed E-state index contributed by atoms with van der Waals surface area (Å²) in [4.78, 5) is 4.57. The number of rotatable bonds is 7. The van der Waals surface area contributed by atoms with Crippen LogP contribution in [0.4, 0.5) is 11.4 Å². The molecule has 7 heteroatoms. The highest BCUT2D eigenvalue weighted by atomic mass is 32.2. The van der Waals surface area contributed by atoms with Crippen LogP contribution in [0.15, 0.2) is 60.8 Å². The summed E-state index contributed by atoms with van der Waals surface area (Å²) in [6, 6.07) is 18.4. The van der Waals surface area contributed by atoms with Gasteiger partial charge in [-0.3, -0.25) is 9.71 Å². The van der Waals surface area contributed by atoms with Crippen molar-refractivity contribution in [1.82, 2.24) is 9.55 Å². The molecule has 1 saturated carbocycles. The first kappa shape index (κ1) is 22.5. The van der Waals surface area contributed by atoms with Gasteiger partial charge in [-0.25, -0.2) is 8.42 Å². The van der Waals surface area contributed by atoms with E-state index in [0.717, 1.165) is 51.9 Å². The molecular weight excluding hydrogens is 444 g/mol. The van der Waals surface area contributed by atoms with Gasteiger partial charge in [0.25, 0.3) is 0 Å². The molecule has 5 rings (SSSR count). The molecule has 6 nitrogen and oxygen atoms in total. The van der Waals surface area contributed by atoms with E-state index in [4.69, 9.17) is 5.73 Å². The summed E-state index contributed by atoms with van der Waals surface area (Å²) < 4.78 is 29.3. The monoisotopic (exact) mass is 474 g/mol. The van der Waals surface area contributed by atoms with Crippen LogP contribution in [0, 0.1) is 6.92 Å². The van der Waals surface area contributed by atoms with Crippen molar-refractivity contribution in [1.29, 1.82) is 0 Å². The van der Waals surface area contributed by atoms with Crippen LogP contribution in [0.1, 0.15) is 44.2 Å². The van der Waals surface area contributed by atoms with Crippen molar-refractivity contribution in [2.24, 2.45) is 0 Å². The highest BCUT2D eigenvalue weighted by Crippen LogP contribution is 2.45. The van der Waals surface area contributed by atoms with Crippen molar-refractivity contribution in [2.75, 3.05) is 16.2 Å². The Morgan fingerprint density at radius 3 is 2.44 bits per heavy atom. The van der Waals surface area contributed by atoms with E-state index in [1.807, 2.05) is 43.5 Å². The standard InChI is InChI=1S/C27H30N4O2S/c1-3-15-34(32,33)30-21-10-7-19(8-11-21)27-26(28)23-12-9-20(24-16-18(2)13-14-29-24)17-25(23)31(27)22-5-4-6-22/h7-14,16-17,22,30H,3-6,15,28H2,1-2H3. The smallest absolute Gasteiger partial charge is 0.232 e. The van der Waals surface area contributed by atoms with Crippen LogP contribution in [0.2, 0.25) is 0 Å². The van der Waals surface area contributed by atoms with Gasteiger partial charge in [0.15, 0.2) is 0 Å². The van der Waals surface area contributed by atoms with E-state index < -0.39 is 10.0 Å². The van der Waals surface area contributed by atoms with Gasteiger partial charge in [-0.2, -0.15) is 0 Å². The highest BCUT2D eigenvalue weighted by molar-refractivity contribution is 7.92. The number of nitrogens with zero attached hydrogens (tertiary/aromatic N) is 2. The molecule has 1 aliphatic rings. The molecule has 1 fully saturated rings. The summed E-state index contributed by atoms with van der Waals surface area (Å²) in [5, 5.41) is 1.03. The Hall–Kier alpha value is -3.32. The van der Waals surface area contributed by atoms with Gasteiger partial charge in [0, 0.05) is 34.4 Å². The molecule has 0 spiro atoms. The molecule has 0 aliphatic heterocycles. The van der Waals surface area contributed by atoms with Crippen LogP contribution < -0.4 is 10.5 Å². The number of fused-ring (bicyclic) bond motifs is 1. The van der Waals surface area contributed by atoms with Crippen molar-refractivity contribution in [3.63, 3.8) is 0 Å². The molecule has 2 aromatic heterocycles. The van der Waals surface area contributed by atoms with Crippen LogP contribution in [-0.2, 0) is 10.0 Å². The summed E-state index contributed by atoms with van der Waals surface area (Å²) in [6.07, 6.45) is 5.87. The zero-order valence-corrected chi connectivity index (χ0v) is 20.4. The fraction of sp³-hybridized carbons (Fsp3) is 0.296. The zero-order valence-electron chi connectivity index (χ0n) is 19.6. The SMILES string of the molecule is CCCS(=O)(=O)Nc1ccc(-c2c(N)c3ccc(-c4cc(C)ccn4)cc3n2C2CCC2)cc1. The summed E-state index contributed by atoms with van der Waals surface area (Å²) >= 11 is 0. The molecule has 0 radical (unpaired) electrons. The lowest BCUT2D eigenvalue weighted by molar-refractivity contribution is 0.324. The van der Waals surface area contributed by atoms with Gasteiger partial charge in [0.05, 0.1) is 28.3 Å². The van der Waals surface area contributed by atoms with Crippen LogP contribution in [-0.4, -0.2) is 23.7 Å². The minimum absolute atomic E-state index is 0.107. The predicted octanol–water partition coefficient (Wildman–Crippen LogP) is 6.14. The van der Waals surface area contributed by atoms with Crippen LogP contribution in [0.3, 0.4) is 0 Å². The Bertz CT molecular complexity index is 1450. The van der Waals surface area contributed by atoms with E-state index in [9.17, 15) is 8.42 Å². The third kappa shape index (κ3) is 4.16. The average Bonchev–Trinajstić information content (AvgIpc) is 3.04. The maximum atomic E-state index is 12.1. The van der Waals surface area contributed by atoms with Crippen LogP contribution in [0.25, 0.3) is 33.4 Å². The Balaban J connectivity index is 1.60. The van der Waals surface area contributed by atoms with Crippen molar-refractivity contribution in [3.8, 4) is 22.5 Å². The normalized spacial score (nSPS) is 14.3. The van der Waals surface area contributed by atoms with E-state index in [1.165, 1.54) is 12.0 Å². The van der Waals surface area contributed by atoms with Crippen molar-refractivity contribution in [2.45, 2.75) is 45.6 Å². The number of hydrogen-bond donors (Lipinski definition) is 2. The molecule has 0 unspecified atom stereocenters. The lowest BCUT2D eigenvalue weighted by atomic mass is 9.92. The molecular formula is C27H30N4O2S. The third-order valence-electron chi connectivity index (χ3n) is 6.60. The van der Waals surface area contributed by atoms with Crippen molar-refractivity contribution >= 4 is 32.3 Å². The Morgan fingerprint density at radius 2 is 1.79 bits per heavy atom. The molecule has 0 saturated heterocycles. The van der Waals surface area contributed by atoms with Gasteiger partial charge < -0.3 is 10.3 Å². The van der Waals surface area contributed by atoms with E-state index in [0.29, 0.717) is 18.2 Å². The first-order valence-corrected chi connectivity index (χ1v) is 13.5. The van der Waals surface area contributed by atoms with Gasteiger partial charge in [0.2, 0.25) is 10.0 Å². The number of sulfonamides is 1. The maximum Gasteiger partial charge on any atom is 0.232 e. The number of pyridine rings is 1. The fourth-order valence-corrected chi connectivity index (χ4v) is 5.84. The number of nitrogens with one attached hydrogen (secondary N) is 1. The molecule has 2 heterocycles. The number of anilines is 2. The number of benzene rings is 2. The van der Waals surface area contributed by atoms with Crippen molar-refractivity contribution < 1.29 is 8.42 Å². The first-order chi connectivity index (χ1) is 16.4. The van der Waals surface area contributed by atoms with Crippen LogP contribution >= 0.6 is 0 Å². The van der Waals surface area contributed by atoms with Gasteiger partial charge in [-0.15, -0.1) is 0 Å². The Morgan fingerprint density at radius 1 is 1.06 bits per heavy atom. The van der Waals surface area contributed by atoms with Gasteiger partial charge in [-0.1, -0.05) is 31.2 Å². The molecule has 0 bridgehead atoms. The second-order valence-electron chi connectivity index (χ2n) is 9.17. The van der Waals surface area contributed by atoms with Gasteiger partial charge in [-0.05, 0) is 68.5 Å². The summed E-state index contributed by atoms with van der Waals surface area (Å²) in [5.74, 6) is 0.107. The Labute approximate surface area is 200 Å². The largest absolute Gasteiger partial charge is 0.396 e. The predicted molar refractivity (Wildman–Crippen MR) is 140 cm³/mol. The third-order valence-corrected chi connectivity index (χ3v) is 8.09. The minimum Gasteiger partial charge on any atom is -0.396 e. The number of hydrogen-bond acceptors (Lipinski definition) is 4. The van der Waals surface area contributed by atoms with Crippen molar-refractivity contribution in [3.05, 3.63) is 66.4 Å². The fourth-order valence-electron chi connectivity index (χ4n) is 4.70. The maximum absolute atomic E-state index is 12.1. The second-order valence-corrected chi connectivity index (χ2v) is 11.0. The van der Waals surface area contributed by atoms with Gasteiger partial charge in [0.1, 0.15) is 0 Å². The highest BCUT2D eigenvalue weighted by Gasteiger charge is 2.27. The quantitative estimate of drug-likeness (QED) is 0.337. The lowest BCUT2D eigenvalue weighted by Crippen LogP contribution is -2.18. The molecule has 2 aromatic carbocycles. The zero-order chi connectivity index (χ0) is 23.9. The molecule has 3 N–H and O–H groups in total. The molecule has 4 aromatic rings. The average molecular weight is 475 g/mol. The summed E-state index contributed by atoms with van der Waals surface area (Å²) in [5.41, 5.74) is 14.3. The number of nitrogen functional groups attached to an aromatic ring is 1.